The van der Waals surface area contributed by atoms with Crippen LogP contribution in [0.4, 0.5) is 0 Å². The highest BCUT2D eigenvalue weighted by Crippen LogP contribution is 2.27. The molecule has 0 aliphatic heterocycles. The molecular formula is C19H20N2O4S2. The van der Waals surface area contributed by atoms with Gasteiger partial charge in [-0.2, -0.15) is 0 Å². The number of esters is 1. The first-order chi connectivity index (χ1) is 12.9. The van der Waals surface area contributed by atoms with Gasteiger partial charge in [-0.15, -0.1) is 11.3 Å². The summed E-state index contributed by atoms with van der Waals surface area (Å²) in [7, 11) is -3.75. The second-order valence-electron chi connectivity index (χ2n) is 6.02. The fourth-order valence-electron chi connectivity index (χ4n) is 2.51. The lowest BCUT2D eigenvalue weighted by molar-refractivity contribution is 0.0526. The summed E-state index contributed by atoms with van der Waals surface area (Å²) in [6, 6.07) is 13.6. The summed E-state index contributed by atoms with van der Waals surface area (Å²) < 4.78 is 33.8. The minimum Gasteiger partial charge on any atom is -0.462 e. The summed E-state index contributed by atoms with van der Waals surface area (Å²) in [5.41, 5.74) is 1.12. The fourth-order valence-corrected chi connectivity index (χ4v) is 4.71. The summed E-state index contributed by atoms with van der Waals surface area (Å²) >= 11 is 1.56. The first-order valence-electron chi connectivity index (χ1n) is 8.53. The number of nitrogens with zero attached hydrogens (tertiary/aromatic N) is 1. The van der Waals surface area contributed by atoms with Gasteiger partial charge in [0.25, 0.3) is 0 Å². The van der Waals surface area contributed by atoms with Gasteiger partial charge in [0.2, 0.25) is 10.0 Å². The van der Waals surface area contributed by atoms with E-state index in [1.165, 1.54) is 24.3 Å². The van der Waals surface area contributed by atoms with Gasteiger partial charge in [0.15, 0.2) is 0 Å². The van der Waals surface area contributed by atoms with Crippen molar-refractivity contribution in [2.24, 2.45) is 0 Å². The first-order valence-corrected chi connectivity index (χ1v) is 10.8. The number of carbonyl (C=O) groups is 1. The van der Waals surface area contributed by atoms with Gasteiger partial charge in [0.1, 0.15) is 0 Å². The topological polar surface area (TPSA) is 85.4 Å². The Hall–Kier alpha value is -2.29. The summed E-state index contributed by atoms with van der Waals surface area (Å²) in [6.45, 7) is 4.07. The maximum absolute atomic E-state index is 12.6. The Morgan fingerprint density at radius 1 is 1.22 bits per heavy atom. The number of para-hydroxylation sites is 1. The number of fused-ring (bicyclic) bond motifs is 1. The van der Waals surface area contributed by atoms with Crippen molar-refractivity contribution in [3.05, 3.63) is 59.1 Å². The van der Waals surface area contributed by atoms with E-state index in [1.807, 2.05) is 31.2 Å². The van der Waals surface area contributed by atoms with E-state index in [0.29, 0.717) is 0 Å². The number of carbonyl (C=O) groups excluding carboxylic acids is 1. The monoisotopic (exact) mass is 404 g/mol. The van der Waals surface area contributed by atoms with Crippen LogP contribution in [0, 0.1) is 0 Å². The van der Waals surface area contributed by atoms with E-state index in [2.05, 4.69) is 9.71 Å². The Balaban J connectivity index is 1.72. The van der Waals surface area contributed by atoms with E-state index in [9.17, 15) is 13.2 Å². The van der Waals surface area contributed by atoms with Crippen LogP contribution in [0.2, 0.25) is 0 Å². The molecule has 1 atom stereocenters. The summed E-state index contributed by atoms with van der Waals surface area (Å²) in [4.78, 5) is 16.4. The molecule has 3 rings (SSSR count). The number of nitrogens with one attached hydrogen (secondary N) is 1. The molecule has 1 N–H and O–H groups in total. The van der Waals surface area contributed by atoms with Crippen molar-refractivity contribution in [1.82, 2.24) is 9.71 Å². The van der Waals surface area contributed by atoms with Crippen molar-refractivity contribution in [2.75, 3.05) is 13.2 Å². The molecule has 142 valence electrons. The Bertz CT molecular complexity index is 1030. The maximum Gasteiger partial charge on any atom is 0.338 e. The average molecular weight is 405 g/mol. The lowest BCUT2D eigenvalue weighted by atomic mass is 10.2. The van der Waals surface area contributed by atoms with E-state index < -0.39 is 16.0 Å². The van der Waals surface area contributed by atoms with Gasteiger partial charge in [-0.1, -0.05) is 25.1 Å². The van der Waals surface area contributed by atoms with Crippen molar-refractivity contribution in [3.8, 4) is 0 Å². The zero-order valence-corrected chi connectivity index (χ0v) is 16.6. The maximum atomic E-state index is 12.6. The molecule has 6 nitrogen and oxygen atoms in total. The first kappa shape index (κ1) is 19.5. The van der Waals surface area contributed by atoms with E-state index >= 15 is 0 Å². The van der Waals surface area contributed by atoms with Crippen LogP contribution in [0.15, 0.2) is 53.4 Å². The molecule has 27 heavy (non-hydrogen) atoms. The summed E-state index contributed by atoms with van der Waals surface area (Å²) in [6.07, 6.45) is 0. The molecule has 0 saturated carbocycles. The van der Waals surface area contributed by atoms with Gasteiger partial charge >= 0.3 is 5.97 Å². The minimum absolute atomic E-state index is 0.0320. The van der Waals surface area contributed by atoms with Crippen molar-refractivity contribution in [1.29, 1.82) is 0 Å². The van der Waals surface area contributed by atoms with Crippen molar-refractivity contribution >= 4 is 37.5 Å². The SMILES string of the molecule is CCOC(=O)c1cccc(S(=O)(=O)NC[C@H](C)c2nc3ccccc3s2)c1. The number of hydrogen-bond donors (Lipinski definition) is 1. The molecule has 0 spiro atoms. The number of sulfonamides is 1. The number of thiazole rings is 1. The number of hydrogen-bond acceptors (Lipinski definition) is 6. The Morgan fingerprint density at radius 2 is 2.00 bits per heavy atom. The predicted molar refractivity (Wildman–Crippen MR) is 106 cm³/mol. The number of benzene rings is 2. The smallest absolute Gasteiger partial charge is 0.338 e. The van der Waals surface area contributed by atoms with Gasteiger partial charge in [-0.25, -0.2) is 22.9 Å². The zero-order chi connectivity index (χ0) is 19.4. The molecule has 0 amide bonds. The highest BCUT2D eigenvalue weighted by molar-refractivity contribution is 7.89. The molecule has 0 unspecified atom stereocenters. The molecule has 0 aliphatic carbocycles. The van der Waals surface area contributed by atoms with Crippen LogP contribution in [0.25, 0.3) is 10.2 Å². The molecule has 0 radical (unpaired) electrons. The lowest BCUT2D eigenvalue weighted by Crippen LogP contribution is -2.28. The molecule has 0 saturated heterocycles. The van der Waals surface area contributed by atoms with E-state index in [-0.39, 0.29) is 29.5 Å². The van der Waals surface area contributed by atoms with E-state index in [0.717, 1.165) is 15.2 Å². The highest BCUT2D eigenvalue weighted by Gasteiger charge is 2.19. The van der Waals surface area contributed by atoms with E-state index in [4.69, 9.17) is 4.74 Å². The summed E-state index contributed by atoms with van der Waals surface area (Å²) in [5.74, 6) is -0.622. The van der Waals surface area contributed by atoms with Gasteiger partial charge in [0.05, 0.1) is 32.3 Å². The van der Waals surface area contributed by atoms with Crippen molar-refractivity contribution in [2.45, 2.75) is 24.7 Å². The third kappa shape index (κ3) is 4.52. The second kappa shape index (κ2) is 8.16. The molecule has 8 heteroatoms. The van der Waals surface area contributed by atoms with Gasteiger partial charge in [-0.3, -0.25) is 0 Å². The average Bonchev–Trinajstić information content (AvgIpc) is 3.11. The van der Waals surface area contributed by atoms with Crippen LogP contribution < -0.4 is 4.72 Å². The largest absolute Gasteiger partial charge is 0.462 e. The minimum atomic E-state index is -3.75. The predicted octanol–water partition coefficient (Wildman–Crippen LogP) is 3.56. The number of rotatable bonds is 7. The van der Waals surface area contributed by atoms with Crippen LogP contribution in [0.3, 0.4) is 0 Å². The van der Waals surface area contributed by atoms with E-state index in [1.54, 1.807) is 18.3 Å². The summed E-state index contributed by atoms with van der Waals surface area (Å²) in [5, 5.41) is 0.874. The fraction of sp³-hybridized carbons (Fsp3) is 0.263. The van der Waals surface area contributed by atoms with Crippen LogP contribution >= 0.6 is 11.3 Å². The third-order valence-electron chi connectivity index (χ3n) is 3.97. The van der Waals surface area contributed by atoms with Gasteiger partial charge in [0, 0.05) is 12.5 Å². The Kier molecular flexibility index (Phi) is 5.88. The normalized spacial score (nSPS) is 12.8. The quantitative estimate of drug-likeness (QED) is 0.609. The molecule has 0 bridgehead atoms. The van der Waals surface area contributed by atoms with Crippen molar-refractivity contribution in [3.63, 3.8) is 0 Å². The standard InChI is InChI=1S/C19H20N2O4S2/c1-3-25-19(22)14-7-6-8-15(11-14)27(23,24)20-12-13(2)18-21-16-9-4-5-10-17(16)26-18/h4-11,13,20H,3,12H2,1-2H3/t13-/m0/s1. The van der Waals surface area contributed by atoms with Crippen LogP contribution in [0.1, 0.15) is 35.1 Å². The Labute approximate surface area is 162 Å². The van der Waals surface area contributed by atoms with Crippen LogP contribution in [0.5, 0.6) is 0 Å². The highest BCUT2D eigenvalue weighted by atomic mass is 32.2. The third-order valence-corrected chi connectivity index (χ3v) is 6.66. The van der Waals surface area contributed by atoms with Crippen LogP contribution in [-0.4, -0.2) is 32.5 Å². The lowest BCUT2D eigenvalue weighted by Gasteiger charge is -2.11. The molecule has 3 aromatic rings. The molecule has 0 aliphatic rings. The van der Waals surface area contributed by atoms with Crippen LogP contribution in [-0.2, 0) is 14.8 Å². The number of ether oxygens (including phenoxy) is 1. The molecule has 2 aromatic carbocycles. The molecule has 1 heterocycles. The zero-order valence-electron chi connectivity index (χ0n) is 15.0. The molecule has 1 aromatic heterocycles. The number of aromatic nitrogens is 1. The molecule has 0 fully saturated rings. The second-order valence-corrected chi connectivity index (χ2v) is 8.85. The van der Waals surface area contributed by atoms with Crippen molar-refractivity contribution < 1.29 is 17.9 Å². The molecular weight excluding hydrogens is 384 g/mol. The Morgan fingerprint density at radius 3 is 2.74 bits per heavy atom. The van der Waals surface area contributed by atoms with Gasteiger partial charge in [-0.05, 0) is 37.3 Å². The van der Waals surface area contributed by atoms with Gasteiger partial charge < -0.3 is 4.74 Å².